The van der Waals surface area contributed by atoms with E-state index in [1.165, 1.54) is 19.3 Å². The van der Waals surface area contributed by atoms with E-state index in [-0.39, 0.29) is 11.8 Å². The van der Waals surface area contributed by atoms with Crippen LogP contribution in [0.15, 0.2) is 59.2 Å². The number of benzene rings is 1. The molecule has 0 N–H and O–H groups in total. The maximum absolute atomic E-state index is 13.8. The second kappa shape index (κ2) is 8.93. The van der Waals surface area contributed by atoms with Gasteiger partial charge in [-0.2, -0.15) is 5.10 Å². The van der Waals surface area contributed by atoms with Crippen molar-refractivity contribution in [2.24, 2.45) is 0 Å². The number of carbonyl (C=O) groups is 1. The van der Waals surface area contributed by atoms with Gasteiger partial charge in [0.05, 0.1) is 12.0 Å². The summed E-state index contributed by atoms with van der Waals surface area (Å²) in [5.74, 6) is 2.97. The van der Waals surface area contributed by atoms with Gasteiger partial charge in [-0.15, -0.1) is 10.2 Å². The molecule has 6 rings (SSSR count). The second-order valence-electron chi connectivity index (χ2n) is 9.17. The molecule has 0 radical (unpaired) electrons. The van der Waals surface area contributed by atoms with Crippen molar-refractivity contribution in [3.63, 3.8) is 0 Å². The Morgan fingerprint density at radius 3 is 2.74 bits per heavy atom. The number of amides is 1. The van der Waals surface area contributed by atoms with Gasteiger partial charge in [0.25, 0.3) is 5.91 Å². The van der Waals surface area contributed by atoms with Gasteiger partial charge in [0.2, 0.25) is 0 Å². The Labute approximate surface area is 198 Å². The van der Waals surface area contributed by atoms with E-state index >= 15 is 0 Å². The van der Waals surface area contributed by atoms with Crippen molar-refractivity contribution >= 4 is 5.91 Å². The summed E-state index contributed by atoms with van der Waals surface area (Å²) in [6, 6.07) is 15.3. The standard InChI is InChI=1S/C26H28N6O2/c33-26(22-17-21(23-12-8-16-34-23)29-32(22)20-10-3-1-4-11-20)30-14-7-9-19(18-30)25-28-27-24-13-5-2-6-15-31(24)25/h1,3-4,8,10-12,16-17,19H,2,5-7,9,13-15,18H2. The van der Waals surface area contributed by atoms with Gasteiger partial charge in [-0.25, -0.2) is 4.68 Å². The van der Waals surface area contributed by atoms with Crippen molar-refractivity contribution in [3.05, 3.63) is 72.1 Å². The van der Waals surface area contributed by atoms with Crippen LogP contribution in [0.3, 0.4) is 0 Å². The molecule has 34 heavy (non-hydrogen) atoms. The maximum atomic E-state index is 13.8. The smallest absolute Gasteiger partial charge is 0.272 e. The maximum Gasteiger partial charge on any atom is 0.272 e. The Kier molecular flexibility index (Phi) is 5.49. The molecule has 2 aliphatic rings. The minimum Gasteiger partial charge on any atom is -0.463 e. The fraction of sp³-hybridized carbons (Fsp3) is 0.385. The van der Waals surface area contributed by atoms with Crippen LogP contribution in [0.1, 0.15) is 60.2 Å². The summed E-state index contributed by atoms with van der Waals surface area (Å²) >= 11 is 0. The van der Waals surface area contributed by atoms with E-state index < -0.39 is 0 Å². The largest absolute Gasteiger partial charge is 0.463 e. The lowest BCUT2D eigenvalue weighted by Gasteiger charge is -2.32. The summed E-state index contributed by atoms with van der Waals surface area (Å²) in [7, 11) is 0. The first-order valence-electron chi connectivity index (χ1n) is 12.2. The van der Waals surface area contributed by atoms with Crippen molar-refractivity contribution in [2.75, 3.05) is 13.1 Å². The van der Waals surface area contributed by atoms with Crippen molar-refractivity contribution < 1.29 is 9.21 Å². The highest BCUT2D eigenvalue weighted by Crippen LogP contribution is 2.30. The van der Waals surface area contributed by atoms with Crippen molar-refractivity contribution in [1.29, 1.82) is 0 Å². The average molecular weight is 457 g/mol. The minimum absolute atomic E-state index is 0.0190. The zero-order valence-electron chi connectivity index (χ0n) is 19.1. The van der Waals surface area contributed by atoms with Crippen molar-refractivity contribution in [3.8, 4) is 17.1 Å². The molecule has 8 nitrogen and oxygen atoms in total. The number of aromatic nitrogens is 5. The molecule has 1 saturated heterocycles. The van der Waals surface area contributed by atoms with Gasteiger partial charge in [-0.1, -0.05) is 24.6 Å². The van der Waals surface area contributed by atoms with Crippen LogP contribution < -0.4 is 0 Å². The molecule has 0 saturated carbocycles. The number of hydrogen-bond donors (Lipinski definition) is 0. The van der Waals surface area contributed by atoms with Crippen molar-refractivity contribution in [2.45, 2.75) is 51.0 Å². The first-order chi connectivity index (χ1) is 16.8. The quantitative estimate of drug-likeness (QED) is 0.453. The highest BCUT2D eigenvalue weighted by molar-refractivity contribution is 5.94. The molecule has 1 atom stereocenters. The number of fused-ring (bicyclic) bond motifs is 1. The van der Waals surface area contributed by atoms with Gasteiger partial charge in [-0.3, -0.25) is 4.79 Å². The normalized spacial score (nSPS) is 18.5. The summed E-state index contributed by atoms with van der Waals surface area (Å²) in [6.45, 7) is 2.36. The Hall–Kier alpha value is -3.68. The summed E-state index contributed by atoms with van der Waals surface area (Å²) in [5.41, 5.74) is 2.03. The zero-order valence-corrected chi connectivity index (χ0v) is 19.1. The highest BCUT2D eigenvalue weighted by atomic mass is 16.3. The Morgan fingerprint density at radius 2 is 1.88 bits per heavy atom. The fourth-order valence-electron chi connectivity index (χ4n) is 5.19. The molecule has 174 valence electrons. The van der Waals surface area contributed by atoms with Crippen LogP contribution in [-0.2, 0) is 13.0 Å². The highest BCUT2D eigenvalue weighted by Gasteiger charge is 2.32. The van der Waals surface area contributed by atoms with E-state index in [2.05, 4.69) is 14.8 Å². The van der Waals surface area contributed by atoms with Crippen LogP contribution in [0.5, 0.6) is 0 Å². The fourth-order valence-corrected chi connectivity index (χ4v) is 5.19. The summed E-state index contributed by atoms with van der Waals surface area (Å²) in [4.78, 5) is 15.8. The van der Waals surface area contributed by atoms with E-state index in [4.69, 9.17) is 9.52 Å². The van der Waals surface area contributed by atoms with Gasteiger partial charge < -0.3 is 13.9 Å². The molecule has 8 heteroatoms. The van der Waals surface area contributed by atoms with E-state index in [1.807, 2.05) is 53.4 Å². The summed E-state index contributed by atoms with van der Waals surface area (Å²) in [5, 5.41) is 13.8. The number of furan rings is 1. The topological polar surface area (TPSA) is 82.0 Å². The number of aryl methyl sites for hydroxylation is 1. The first-order valence-corrected chi connectivity index (χ1v) is 12.2. The molecule has 1 aromatic carbocycles. The summed E-state index contributed by atoms with van der Waals surface area (Å²) in [6.07, 6.45) is 8.16. The summed E-state index contributed by atoms with van der Waals surface area (Å²) < 4.78 is 9.60. The van der Waals surface area contributed by atoms with Crippen LogP contribution in [0.25, 0.3) is 17.1 Å². The average Bonchev–Trinajstić information content (AvgIpc) is 3.62. The van der Waals surface area contributed by atoms with Crippen LogP contribution in [0, 0.1) is 0 Å². The zero-order chi connectivity index (χ0) is 22.9. The van der Waals surface area contributed by atoms with Crippen LogP contribution in [0.2, 0.25) is 0 Å². The van der Waals surface area contributed by atoms with Gasteiger partial charge in [0, 0.05) is 38.0 Å². The minimum atomic E-state index is -0.0190. The number of likely N-dealkylation sites (tertiary alicyclic amines) is 1. The SMILES string of the molecule is O=C(c1cc(-c2ccco2)nn1-c1ccccc1)N1CCCC(c2nnc3n2CCCCC3)C1. The predicted octanol–water partition coefficient (Wildman–Crippen LogP) is 4.47. The van der Waals surface area contributed by atoms with E-state index in [0.717, 1.165) is 49.7 Å². The molecule has 1 unspecified atom stereocenters. The lowest BCUT2D eigenvalue weighted by atomic mass is 9.96. The Balaban J connectivity index is 1.31. The molecule has 2 aliphatic heterocycles. The molecule has 5 heterocycles. The number of carbonyl (C=O) groups excluding carboxylic acids is 1. The molecule has 0 aliphatic carbocycles. The van der Waals surface area contributed by atoms with Crippen LogP contribution in [-0.4, -0.2) is 48.4 Å². The van der Waals surface area contributed by atoms with Gasteiger partial charge in [-0.05, 0) is 49.9 Å². The Bertz CT molecular complexity index is 1270. The van der Waals surface area contributed by atoms with E-state index in [0.29, 0.717) is 23.7 Å². The molecule has 4 aromatic rings. The molecular weight excluding hydrogens is 428 g/mol. The van der Waals surface area contributed by atoms with Crippen LogP contribution >= 0.6 is 0 Å². The van der Waals surface area contributed by atoms with Crippen molar-refractivity contribution in [1.82, 2.24) is 29.4 Å². The number of nitrogens with zero attached hydrogens (tertiary/aromatic N) is 6. The van der Waals surface area contributed by atoms with E-state index in [9.17, 15) is 4.79 Å². The lowest BCUT2D eigenvalue weighted by Crippen LogP contribution is -2.40. The van der Waals surface area contributed by atoms with Gasteiger partial charge >= 0.3 is 0 Å². The number of para-hydroxylation sites is 1. The molecule has 1 amide bonds. The predicted molar refractivity (Wildman–Crippen MR) is 127 cm³/mol. The molecule has 3 aromatic heterocycles. The van der Waals surface area contributed by atoms with Crippen LogP contribution in [0.4, 0.5) is 0 Å². The number of rotatable bonds is 4. The monoisotopic (exact) mass is 456 g/mol. The van der Waals surface area contributed by atoms with Gasteiger partial charge in [0.1, 0.15) is 23.0 Å². The Morgan fingerprint density at radius 1 is 0.971 bits per heavy atom. The second-order valence-corrected chi connectivity index (χ2v) is 9.17. The molecule has 1 fully saturated rings. The van der Waals surface area contributed by atoms with E-state index in [1.54, 1.807) is 10.9 Å². The third-order valence-electron chi connectivity index (χ3n) is 6.91. The lowest BCUT2D eigenvalue weighted by molar-refractivity contribution is 0.0694. The number of piperidine rings is 1. The number of hydrogen-bond acceptors (Lipinski definition) is 5. The third kappa shape index (κ3) is 3.83. The molecule has 0 bridgehead atoms. The first kappa shape index (κ1) is 20.9. The molecular formula is C26H28N6O2. The van der Waals surface area contributed by atoms with Gasteiger partial charge in [0.15, 0.2) is 5.76 Å². The third-order valence-corrected chi connectivity index (χ3v) is 6.91. The molecule has 0 spiro atoms.